The molecule has 33 heavy (non-hydrogen) atoms. The first kappa shape index (κ1) is 22.6. The van der Waals surface area contributed by atoms with Crippen LogP contribution in [0.4, 0.5) is 19.0 Å². The predicted molar refractivity (Wildman–Crippen MR) is 118 cm³/mol. The van der Waals surface area contributed by atoms with Crippen molar-refractivity contribution in [1.29, 1.82) is 0 Å². The average Bonchev–Trinajstić information content (AvgIpc) is 2.81. The number of halogens is 3. The molecule has 0 unspecified atom stereocenters. The highest BCUT2D eigenvalue weighted by molar-refractivity contribution is 5.92. The van der Waals surface area contributed by atoms with E-state index in [1.165, 1.54) is 24.3 Å². The Bertz CT molecular complexity index is 1090. The van der Waals surface area contributed by atoms with Crippen molar-refractivity contribution in [3.8, 4) is 11.5 Å². The lowest BCUT2D eigenvalue weighted by molar-refractivity contribution is -0.274. The van der Waals surface area contributed by atoms with Gasteiger partial charge < -0.3 is 14.4 Å². The average molecular weight is 457 g/mol. The van der Waals surface area contributed by atoms with Gasteiger partial charge >= 0.3 is 6.36 Å². The van der Waals surface area contributed by atoms with Gasteiger partial charge in [0.2, 0.25) is 5.91 Å². The van der Waals surface area contributed by atoms with Crippen molar-refractivity contribution in [2.75, 3.05) is 19.7 Å². The van der Waals surface area contributed by atoms with Gasteiger partial charge in [0, 0.05) is 31.6 Å². The normalized spacial score (nSPS) is 15.8. The van der Waals surface area contributed by atoms with E-state index >= 15 is 0 Å². The molecule has 0 saturated carbocycles. The number of amides is 1. The molecule has 0 N–H and O–H groups in total. The molecule has 0 radical (unpaired) electrons. The van der Waals surface area contributed by atoms with Crippen LogP contribution < -0.4 is 9.47 Å². The minimum absolute atomic E-state index is 0.0813. The Labute approximate surface area is 189 Å². The number of benzene rings is 1. The number of hydrogen-bond donors (Lipinski definition) is 0. The molecule has 1 aromatic carbocycles. The zero-order chi connectivity index (χ0) is 23.3. The second-order valence-corrected chi connectivity index (χ2v) is 7.64. The van der Waals surface area contributed by atoms with Crippen LogP contribution in [0.2, 0.25) is 0 Å². The fraction of sp³-hybridized carbons (Fsp3) is 0.292. The number of aliphatic imine (C=N–C) groups is 1. The van der Waals surface area contributed by atoms with Crippen molar-refractivity contribution in [1.82, 2.24) is 9.88 Å². The number of hydrogen-bond acceptors (Lipinski definition) is 5. The maximum atomic E-state index is 12.5. The lowest BCUT2D eigenvalue weighted by Crippen LogP contribution is -2.34. The molecule has 2 aromatic rings. The molecule has 1 amide bonds. The van der Waals surface area contributed by atoms with Gasteiger partial charge in [-0.1, -0.05) is 6.08 Å². The molecule has 2 aliphatic rings. The third-order valence-corrected chi connectivity index (χ3v) is 5.24. The summed E-state index contributed by atoms with van der Waals surface area (Å²) in [6.07, 6.45) is 6.55. The highest BCUT2D eigenvalue weighted by Crippen LogP contribution is 2.25. The van der Waals surface area contributed by atoms with E-state index in [4.69, 9.17) is 4.74 Å². The molecule has 6 nitrogen and oxygen atoms in total. The number of carbonyl (C=O) groups is 1. The largest absolute Gasteiger partial charge is 0.573 e. The third kappa shape index (κ3) is 6.44. The van der Waals surface area contributed by atoms with Crippen LogP contribution in [0.15, 0.2) is 59.2 Å². The monoisotopic (exact) mass is 457 g/mol. The second-order valence-electron chi connectivity index (χ2n) is 7.64. The molecular weight excluding hydrogens is 435 g/mol. The van der Waals surface area contributed by atoms with Crippen LogP contribution in [-0.4, -0.2) is 48.1 Å². The number of alkyl halides is 3. The SMILES string of the molecule is O=C(/C=C/c1cnc2c(c1)CCC=N2)N1CC=C(COc2ccc(OC(F)(F)F)cc2)CC1. The van der Waals surface area contributed by atoms with E-state index in [9.17, 15) is 18.0 Å². The number of pyridine rings is 1. The molecule has 0 aliphatic carbocycles. The topological polar surface area (TPSA) is 64.0 Å². The predicted octanol–water partition coefficient (Wildman–Crippen LogP) is 4.88. The van der Waals surface area contributed by atoms with E-state index in [0.717, 1.165) is 35.4 Å². The van der Waals surface area contributed by atoms with Crippen molar-refractivity contribution < 1.29 is 27.4 Å². The summed E-state index contributed by atoms with van der Waals surface area (Å²) in [5, 5.41) is 0. The molecule has 1 aromatic heterocycles. The smallest absolute Gasteiger partial charge is 0.489 e. The Morgan fingerprint density at radius 3 is 2.67 bits per heavy atom. The Morgan fingerprint density at radius 2 is 1.94 bits per heavy atom. The summed E-state index contributed by atoms with van der Waals surface area (Å²) in [7, 11) is 0. The van der Waals surface area contributed by atoms with Gasteiger partial charge in [0.1, 0.15) is 18.1 Å². The van der Waals surface area contributed by atoms with Gasteiger partial charge in [-0.3, -0.25) is 4.79 Å². The molecular formula is C24H22F3N3O3. The zero-order valence-electron chi connectivity index (χ0n) is 17.7. The summed E-state index contributed by atoms with van der Waals surface area (Å²) >= 11 is 0. The van der Waals surface area contributed by atoms with Crippen molar-refractivity contribution in [3.05, 3.63) is 65.4 Å². The number of aromatic nitrogens is 1. The summed E-state index contributed by atoms with van der Waals surface area (Å²) < 4.78 is 46.1. The maximum Gasteiger partial charge on any atom is 0.573 e. The quantitative estimate of drug-likeness (QED) is 0.458. The van der Waals surface area contributed by atoms with Crippen molar-refractivity contribution in [2.45, 2.75) is 25.6 Å². The van der Waals surface area contributed by atoms with Gasteiger partial charge in [-0.05, 0) is 72.4 Å². The number of rotatable bonds is 6. The van der Waals surface area contributed by atoms with E-state index in [-0.39, 0.29) is 11.7 Å². The van der Waals surface area contributed by atoms with Crippen LogP contribution in [0.25, 0.3) is 6.08 Å². The van der Waals surface area contributed by atoms with Gasteiger partial charge in [-0.2, -0.15) is 0 Å². The second kappa shape index (κ2) is 9.89. The fourth-order valence-electron chi connectivity index (χ4n) is 3.51. The molecule has 0 saturated heterocycles. The summed E-state index contributed by atoms with van der Waals surface area (Å²) in [6, 6.07) is 7.27. The van der Waals surface area contributed by atoms with Crippen LogP contribution in [-0.2, 0) is 11.2 Å². The first-order chi connectivity index (χ1) is 15.9. The van der Waals surface area contributed by atoms with E-state index in [1.807, 2.05) is 18.4 Å². The van der Waals surface area contributed by atoms with Gasteiger partial charge in [0.15, 0.2) is 5.82 Å². The lowest BCUT2D eigenvalue weighted by atomic mass is 10.1. The lowest BCUT2D eigenvalue weighted by Gasteiger charge is -2.25. The van der Waals surface area contributed by atoms with Crippen molar-refractivity contribution >= 4 is 24.0 Å². The fourth-order valence-corrected chi connectivity index (χ4v) is 3.51. The Morgan fingerprint density at radius 1 is 1.15 bits per heavy atom. The maximum absolute atomic E-state index is 12.5. The van der Waals surface area contributed by atoms with Crippen molar-refractivity contribution in [2.24, 2.45) is 4.99 Å². The summed E-state index contributed by atoms with van der Waals surface area (Å²) in [4.78, 5) is 22.8. The van der Waals surface area contributed by atoms with Gasteiger partial charge in [0.25, 0.3) is 0 Å². The summed E-state index contributed by atoms with van der Waals surface area (Å²) in [5.41, 5.74) is 2.98. The molecule has 172 valence electrons. The molecule has 9 heteroatoms. The Hall–Kier alpha value is -3.62. The van der Waals surface area contributed by atoms with Gasteiger partial charge in [-0.15, -0.1) is 13.2 Å². The van der Waals surface area contributed by atoms with Crippen LogP contribution in [0, 0.1) is 0 Å². The highest BCUT2D eigenvalue weighted by atomic mass is 19.4. The number of aryl methyl sites for hydroxylation is 1. The van der Waals surface area contributed by atoms with E-state index in [0.29, 0.717) is 31.9 Å². The molecule has 0 fully saturated rings. The number of ether oxygens (including phenoxy) is 2. The zero-order valence-corrected chi connectivity index (χ0v) is 17.7. The van der Waals surface area contributed by atoms with E-state index < -0.39 is 6.36 Å². The highest BCUT2D eigenvalue weighted by Gasteiger charge is 2.31. The van der Waals surface area contributed by atoms with E-state index in [2.05, 4.69) is 14.7 Å². The first-order valence-electron chi connectivity index (χ1n) is 10.5. The third-order valence-electron chi connectivity index (χ3n) is 5.24. The van der Waals surface area contributed by atoms with Crippen LogP contribution in [0.1, 0.15) is 24.0 Å². The Balaban J connectivity index is 1.25. The van der Waals surface area contributed by atoms with Crippen LogP contribution in [0.3, 0.4) is 0 Å². The molecule has 0 bridgehead atoms. The number of fused-ring (bicyclic) bond motifs is 1. The van der Waals surface area contributed by atoms with Crippen molar-refractivity contribution in [3.63, 3.8) is 0 Å². The molecule has 2 aliphatic heterocycles. The summed E-state index contributed by atoms with van der Waals surface area (Å²) in [5.74, 6) is 0.804. The standard InChI is InChI=1S/C24H22F3N3O3/c25-24(26,27)33-21-6-4-20(5-7-21)32-16-17-9-12-30(13-10-17)22(31)8-3-18-14-19-2-1-11-28-23(19)29-15-18/h3-9,11,14-15H,1-2,10,12-13,16H2/b8-3+. The molecule has 3 heterocycles. The number of carbonyl (C=O) groups excluding carboxylic acids is 1. The first-order valence-corrected chi connectivity index (χ1v) is 10.5. The van der Waals surface area contributed by atoms with Gasteiger partial charge in [0.05, 0.1) is 0 Å². The molecule has 0 spiro atoms. The summed E-state index contributed by atoms with van der Waals surface area (Å²) in [6.45, 7) is 1.34. The Kier molecular flexibility index (Phi) is 6.76. The van der Waals surface area contributed by atoms with Gasteiger partial charge in [-0.25, -0.2) is 9.98 Å². The van der Waals surface area contributed by atoms with Crippen LogP contribution >= 0.6 is 0 Å². The van der Waals surface area contributed by atoms with Crippen LogP contribution in [0.5, 0.6) is 11.5 Å². The molecule has 0 atom stereocenters. The minimum atomic E-state index is -4.72. The number of nitrogens with zero attached hydrogens (tertiary/aromatic N) is 3. The van der Waals surface area contributed by atoms with E-state index in [1.54, 1.807) is 23.2 Å². The minimum Gasteiger partial charge on any atom is -0.489 e. The molecule has 4 rings (SSSR count).